The first-order valence-electron chi connectivity index (χ1n) is 7.20. The third-order valence-electron chi connectivity index (χ3n) is 4.26. The third kappa shape index (κ3) is 3.18. The molecule has 1 saturated heterocycles. The van der Waals surface area contributed by atoms with E-state index in [-0.39, 0.29) is 18.3 Å². The highest BCUT2D eigenvalue weighted by Crippen LogP contribution is 2.41. The van der Waals surface area contributed by atoms with Gasteiger partial charge in [-0.25, -0.2) is 4.98 Å². The zero-order valence-corrected chi connectivity index (χ0v) is 13.7. The number of hydrogen-bond acceptors (Lipinski definition) is 3. The molecular weight excluding hydrogens is 272 g/mol. The van der Waals surface area contributed by atoms with Gasteiger partial charge in [-0.3, -0.25) is 0 Å². The van der Waals surface area contributed by atoms with Crippen molar-refractivity contribution in [1.82, 2.24) is 4.98 Å². The van der Waals surface area contributed by atoms with Gasteiger partial charge in [0.2, 0.25) is 0 Å². The van der Waals surface area contributed by atoms with Gasteiger partial charge in [0.05, 0.1) is 11.2 Å². The van der Waals surface area contributed by atoms with Gasteiger partial charge in [0.1, 0.15) is 5.15 Å². The Morgan fingerprint density at radius 2 is 2.00 bits per heavy atom. The van der Waals surface area contributed by atoms with Crippen molar-refractivity contribution in [1.29, 1.82) is 0 Å². The first kappa shape index (κ1) is 15.8. The minimum absolute atomic E-state index is 0.294. The standard InChI is InChI=1S/C15H23BClNO2/c1-11(2)6-8-15(5)14(3,4)19-16(20-15)12-7-9-18-13(17)10-12/h7,9-11H,6,8H2,1-5H3. The molecule has 1 unspecified atom stereocenters. The SMILES string of the molecule is CC(C)CCC1(C)OB(c2ccnc(Cl)c2)OC1(C)C. The van der Waals surface area contributed by atoms with E-state index in [1.807, 2.05) is 6.07 Å². The molecule has 5 heteroatoms. The molecule has 0 saturated carbocycles. The van der Waals surface area contributed by atoms with Crippen molar-refractivity contribution in [3.63, 3.8) is 0 Å². The maximum Gasteiger partial charge on any atom is 0.495 e. The molecule has 1 aromatic rings. The van der Waals surface area contributed by atoms with Gasteiger partial charge >= 0.3 is 7.12 Å². The molecule has 110 valence electrons. The molecule has 0 aliphatic carbocycles. The summed E-state index contributed by atoms with van der Waals surface area (Å²) in [6.07, 6.45) is 3.78. The van der Waals surface area contributed by atoms with Crippen LogP contribution in [0.5, 0.6) is 0 Å². The summed E-state index contributed by atoms with van der Waals surface area (Å²) in [6.45, 7) is 10.8. The quantitative estimate of drug-likeness (QED) is 0.630. The van der Waals surface area contributed by atoms with Crippen LogP contribution in [-0.2, 0) is 9.31 Å². The number of rotatable bonds is 4. The summed E-state index contributed by atoms with van der Waals surface area (Å²) in [5.41, 5.74) is 0.298. The summed E-state index contributed by atoms with van der Waals surface area (Å²) in [6, 6.07) is 3.69. The van der Waals surface area contributed by atoms with Gasteiger partial charge in [-0.05, 0) is 57.1 Å². The molecule has 0 spiro atoms. The van der Waals surface area contributed by atoms with Crippen molar-refractivity contribution in [3.8, 4) is 0 Å². The summed E-state index contributed by atoms with van der Waals surface area (Å²) in [4.78, 5) is 4.00. The van der Waals surface area contributed by atoms with Gasteiger partial charge in [0.25, 0.3) is 0 Å². The fourth-order valence-corrected chi connectivity index (χ4v) is 2.60. The second-order valence-electron chi connectivity index (χ2n) is 6.65. The topological polar surface area (TPSA) is 31.4 Å². The summed E-state index contributed by atoms with van der Waals surface area (Å²) in [5.74, 6) is 0.653. The third-order valence-corrected chi connectivity index (χ3v) is 4.47. The van der Waals surface area contributed by atoms with Crippen molar-refractivity contribution in [2.24, 2.45) is 5.92 Å². The minimum Gasteiger partial charge on any atom is -0.399 e. The molecule has 1 fully saturated rings. The summed E-state index contributed by atoms with van der Waals surface area (Å²) >= 11 is 5.95. The van der Waals surface area contributed by atoms with Crippen LogP contribution in [0.15, 0.2) is 18.3 Å². The Kier molecular flexibility index (Phi) is 4.48. The first-order valence-corrected chi connectivity index (χ1v) is 7.58. The molecule has 3 nitrogen and oxygen atoms in total. The van der Waals surface area contributed by atoms with Crippen LogP contribution >= 0.6 is 11.6 Å². The molecule has 20 heavy (non-hydrogen) atoms. The van der Waals surface area contributed by atoms with Crippen LogP contribution in [0.2, 0.25) is 5.15 Å². The monoisotopic (exact) mass is 295 g/mol. The summed E-state index contributed by atoms with van der Waals surface area (Å²) in [7, 11) is -0.373. The van der Waals surface area contributed by atoms with Crippen LogP contribution in [0.1, 0.15) is 47.5 Å². The largest absolute Gasteiger partial charge is 0.495 e. The van der Waals surface area contributed by atoms with E-state index >= 15 is 0 Å². The Bertz CT molecular complexity index is 481. The fourth-order valence-electron chi connectivity index (χ4n) is 2.42. The van der Waals surface area contributed by atoms with E-state index in [4.69, 9.17) is 20.9 Å². The molecule has 2 rings (SSSR count). The zero-order valence-electron chi connectivity index (χ0n) is 12.9. The molecule has 1 aromatic heterocycles. The lowest BCUT2D eigenvalue weighted by Crippen LogP contribution is -2.44. The number of pyridine rings is 1. The first-order chi connectivity index (χ1) is 9.23. The predicted molar refractivity (Wildman–Crippen MR) is 83.4 cm³/mol. The molecule has 2 heterocycles. The van der Waals surface area contributed by atoms with E-state index in [9.17, 15) is 0 Å². The maximum absolute atomic E-state index is 6.25. The molecular formula is C15H23BClNO2. The van der Waals surface area contributed by atoms with Crippen LogP contribution in [0.4, 0.5) is 0 Å². The van der Waals surface area contributed by atoms with E-state index in [0.29, 0.717) is 11.1 Å². The minimum atomic E-state index is -0.373. The average Bonchev–Trinajstić information content (AvgIpc) is 2.58. The van der Waals surface area contributed by atoms with Crippen molar-refractivity contribution in [3.05, 3.63) is 23.5 Å². The Balaban J connectivity index is 2.17. The molecule has 0 amide bonds. The smallest absolute Gasteiger partial charge is 0.399 e. The number of nitrogens with zero attached hydrogens (tertiary/aromatic N) is 1. The van der Waals surface area contributed by atoms with E-state index in [1.165, 1.54) is 0 Å². The highest BCUT2D eigenvalue weighted by atomic mass is 35.5. The maximum atomic E-state index is 6.25. The van der Waals surface area contributed by atoms with Crippen LogP contribution in [-0.4, -0.2) is 23.3 Å². The second kappa shape index (κ2) is 5.66. The highest BCUT2D eigenvalue weighted by Gasteiger charge is 2.54. The van der Waals surface area contributed by atoms with Gasteiger partial charge in [-0.1, -0.05) is 25.4 Å². The Labute approximate surface area is 127 Å². The molecule has 1 aliphatic heterocycles. The molecule has 0 radical (unpaired) electrons. The zero-order chi connectivity index (χ0) is 15.0. The van der Waals surface area contributed by atoms with Gasteiger partial charge in [-0.2, -0.15) is 0 Å². The van der Waals surface area contributed by atoms with Gasteiger partial charge in [-0.15, -0.1) is 0 Å². The van der Waals surface area contributed by atoms with Gasteiger partial charge in [0, 0.05) is 6.20 Å². The normalized spacial score (nSPS) is 25.4. The van der Waals surface area contributed by atoms with Crippen molar-refractivity contribution in [2.45, 2.75) is 58.7 Å². The summed E-state index contributed by atoms with van der Waals surface area (Å²) in [5, 5.41) is 0.461. The molecule has 1 aliphatic rings. The van der Waals surface area contributed by atoms with Gasteiger partial charge in [0.15, 0.2) is 0 Å². The van der Waals surface area contributed by atoms with E-state index in [1.54, 1.807) is 12.3 Å². The van der Waals surface area contributed by atoms with Crippen LogP contribution in [0.25, 0.3) is 0 Å². The Morgan fingerprint density at radius 3 is 2.60 bits per heavy atom. The lowest BCUT2D eigenvalue weighted by atomic mass is 9.80. The molecule has 0 bridgehead atoms. The van der Waals surface area contributed by atoms with Crippen LogP contribution < -0.4 is 5.46 Å². The van der Waals surface area contributed by atoms with E-state index < -0.39 is 0 Å². The van der Waals surface area contributed by atoms with Crippen LogP contribution in [0.3, 0.4) is 0 Å². The molecule has 1 atom stereocenters. The molecule has 0 N–H and O–H groups in total. The number of halogens is 1. The highest BCUT2D eigenvalue weighted by molar-refractivity contribution is 6.62. The number of hydrogen-bond donors (Lipinski definition) is 0. The fraction of sp³-hybridized carbons (Fsp3) is 0.667. The molecule has 0 aromatic carbocycles. The average molecular weight is 296 g/mol. The lowest BCUT2D eigenvalue weighted by Gasteiger charge is -2.37. The van der Waals surface area contributed by atoms with E-state index in [0.717, 1.165) is 18.3 Å². The Hall–Kier alpha value is -0.575. The van der Waals surface area contributed by atoms with Gasteiger partial charge < -0.3 is 9.31 Å². The van der Waals surface area contributed by atoms with Crippen molar-refractivity contribution in [2.75, 3.05) is 0 Å². The summed E-state index contributed by atoms with van der Waals surface area (Å²) < 4.78 is 12.4. The Morgan fingerprint density at radius 1 is 1.30 bits per heavy atom. The predicted octanol–water partition coefficient (Wildman–Crippen LogP) is 3.45. The van der Waals surface area contributed by atoms with Crippen LogP contribution in [0, 0.1) is 5.92 Å². The van der Waals surface area contributed by atoms with E-state index in [2.05, 4.69) is 39.6 Å². The second-order valence-corrected chi connectivity index (χ2v) is 7.04. The lowest BCUT2D eigenvalue weighted by molar-refractivity contribution is -0.0189. The van der Waals surface area contributed by atoms with Crippen molar-refractivity contribution >= 4 is 24.2 Å². The number of aromatic nitrogens is 1. The van der Waals surface area contributed by atoms with Crippen molar-refractivity contribution < 1.29 is 9.31 Å².